The molecule has 1 saturated heterocycles. The van der Waals surface area contributed by atoms with Crippen LogP contribution in [0.25, 0.3) is 0 Å². The van der Waals surface area contributed by atoms with Gasteiger partial charge in [0.25, 0.3) is 0 Å². The van der Waals surface area contributed by atoms with E-state index in [1.54, 1.807) is 0 Å². The van der Waals surface area contributed by atoms with Gasteiger partial charge in [0.05, 0.1) is 0 Å². The molecule has 0 radical (unpaired) electrons. The van der Waals surface area contributed by atoms with Gasteiger partial charge in [-0.15, -0.1) is 0 Å². The summed E-state index contributed by atoms with van der Waals surface area (Å²) in [5.41, 5.74) is 5.73. The van der Waals surface area contributed by atoms with E-state index in [-0.39, 0.29) is 0 Å². The number of hydrogen-bond donors (Lipinski definition) is 1. The van der Waals surface area contributed by atoms with Crippen LogP contribution < -0.4 is 5.73 Å². The van der Waals surface area contributed by atoms with Crippen LogP contribution in [0.2, 0.25) is 0 Å². The molecule has 1 aliphatic rings. The molecule has 0 aliphatic carbocycles. The second kappa shape index (κ2) is 4.83. The summed E-state index contributed by atoms with van der Waals surface area (Å²) in [5.74, 6) is 0.912. The summed E-state index contributed by atoms with van der Waals surface area (Å²) in [7, 11) is 2.22. The molecule has 12 heavy (non-hydrogen) atoms. The Hall–Kier alpha value is -0.0800. The average Bonchev–Trinajstić information content (AvgIpc) is 2.01. The van der Waals surface area contributed by atoms with Crippen molar-refractivity contribution in [1.29, 1.82) is 0 Å². The average molecular weight is 170 g/mol. The molecule has 1 heterocycles. The molecule has 0 aromatic heterocycles. The van der Waals surface area contributed by atoms with Gasteiger partial charge in [0.15, 0.2) is 0 Å². The van der Waals surface area contributed by atoms with Crippen LogP contribution in [0.4, 0.5) is 0 Å². The van der Waals surface area contributed by atoms with Crippen LogP contribution in [0, 0.1) is 5.92 Å². The van der Waals surface area contributed by atoms with Crippen LogP contribution in [0.3, 0.4) is 0 Å². The van der Waals surface area contributed by atoms with E-state index in [1.165, 1.54) is 38.8 Å². The van der Waals surface area contributed by atoms with E-state index in [2.05, 4.69) is 18.9 Å². The van der Waals surface area contributed by atoms with E-state index < -0.39 is 0 Å². The number of piperidine rings is 1. The highest BCUT2D eigenvalue weighted by Gasteiger charge is 2.16. The number of nitrogens with zero attached hydrogens (tertiary/aromatic N) is 1. The van der Waals surface area contributed by atoms with Crippen molar-refractivity contribution < 1.29 is 0 Å². The Morgan fingerprint density at radius 1 is 1.58 bits per heavy atom. The van der Waals surface area contributed by atoms with E-state index in [9.17, 15) is 0 Å². The second-order valence-electron chi connectivity index (χ2n) is 4.33. The fourth-order valence-corrected chi connectivity index (χ4v) is 2.01. The summed E-state index contributed by atoms with van der Waals surface area (Å²) < 4.78 is 0. The lowest BCUT2D eigenvalue weighted by molar-refractivity contribution is 0.198. The first-order valence-corrected chi connectivity index (χ1v) is 5.12. The van der Waals surface area contributed by atoms with Crippen molar-refractivity contribution >= 4 is 0 Å². The van der Waals surface area contributed by atoms with Crippen molar-refractivity contribution in [3.8, 4) is 0 Å². The van der Waals surface area contributed by atoms with Crippen molar-refractivity contribution in [2.75, 3.05) is 20.1 Å². The molecule has 0 aromatic carbocycles. The largest absolute Gasteiger partial charge is 0.328 e. The molecule has 2 N–H and O–H groups in total. The van der Waals surface area contributed by atoms with Crippen LogP contribution in [0.15, 0.2) is 0 Å². The maximum atomic E-state index is 5.73. The van der Waals surface area contributed by atoms with Crippen molar-refractivity contribution in [1.82, 2.24) is 4.90 Å². The van der Waals surface area contributed by atoms with Gasteiger partial charge in [0.2, 0.25) is 0 Å². The Bertz CT molecular complexity index is 123. The Morgan fingerprint density at radius 2 is 2.33 bits per heavy atom. The number of nitrogens with two attached hydrogens (primary N) is 1. The SMILES string of the molecule is CC(N)CCC1CCCN(C)C1. The highest BCUT2D eigenvalue weighted by Crippen LogP contribution is 2.20. The summed E-state index contributed by atoms with van der Waals surface area (Å²) >= 11 is 0. The molecule has 1 rings (SSSR count). The zero-order valence-corrected chi connectivity index (χ0v) is 8.42. The first kappa shape index (κ1) is 10.0. The number of likely N-dealkylation sites (tertiary alicyclic amines) is 1. The van der Waals surface area contributed by atoms with Crippen molar-refractivity contribution in [2.45, 2.75) is 38.6 Å². The Labute approximate surface area is 76.1 Å². The Kier molecular flexibility index (Phi) is 4.02. The van der Waals surface area contributed by atoms with Gasteiger partial charge in [-0.3, -0.25) is 0 Å². The molecule has 0 spiro atoms. The molecule has 0 aromatic rings. The summed E-state index contributed by atoms with van der Waals surface area (Å²) in [5, 5.41) is 0. The third kappa shape index (κ3) is 3.55. The molecule has 2 atom stereocenters. The van der Waals surface area contributed by atoms with Crippen LogP contribution in [-0.2, 0) is 0 Å². The minimum absolute atomic E-state index is 0.386. The highest BCUT2D eigenvalue weighted by molar-refractivity contribution is 4.71. The topological polar surface area (TPSA) is 29.3 Å². The lowest BCUT2D eigenvalue weighted by Crippen LogP contribution is -2.32. The van der Waals surface area contributed by atoms with Gasteiger partial charge in [-0.05, 0) is 52.1 Å². The molecule has 1 fully saturated rings. The maximum absolute atomic E-state index is 5.73. The van der Waals surface area contributed by atoms with Gasteiger partial charge in [0, 0.05) is 12.6 Å². The van der Waals surface area contributed by atoms with E-state index in [4.69, 9.17) is 5.73 Å². The fourth-order valence-electron chi connectivity index (χ4n) is 2.01. The maximum Gasteiger partial charge on any atom is 0.00105 e. The molecule has 0 amide bonds. The van der Waals surface area contributed by atoms with Crippen LogP contribution in [-0.4, -0.2) is 31.1 Å². The molecule has 1 aliphatic heterocycles. The number of hydrogen-bond acceptors (Lipinski definition) is 2. The van der Waals surface area contributed by atoms with Crippen molar-refractivity contribution in [3.05, 3.63) is 0 Å². The van der Waals surface area contributed by atoms with Crippen LogP contribution in [0.1, 0.15) is 32.6 Å². The molecular formula is C10H22N2. The lowest BCUT2D eigenvalue weighted by atomic mass is 9.92. The molecule has 2 heteroatoms. The lowest BCUT2D eigenvalue weighted by Gasteiger charge is -2.29. The first-order chi connectivity index (χ1) is 5.68. The molecule has 2 unspecified atom stereocenters. The first-order valence-electron chi connectivity index (χ1n) is 5.12. The Morgan fingerprint density at radius 3 is 2.92 bits per heavy atom. The van der Waals surface area contributed by atoms with E-state index in [0.717, 1.165) is 5.92 Å². The normalized spacial score (nSPS) is 28.8. The predicted molar refractivity (Wildman–Crippen MR) is 53.1 cm³/mol. The zero-order chi connectivity index (χ0) is 8.97. The van der Waals surface area contributed by atoms with Crippen LogP contribution in [0.5, 0.6) is 0 Å². The summed E-state index contributed by atoms with van der Waals surface area (Å²) in [4.78, 5) is 2.44. The highest BCUT2D eigenvalue weighted by atomic mass is 15.1. The quantitative estimate of drug-likeness (QED) is 0.694. The van der Waals surface area contributed by atoms with E-state index in [0.29, 0.717) is 6.04 Å². The molecular weight excluding hydrogens is 148 g/mol. The fraction of sp³-hybridized carbons (Fsp3) is 1.00. The minimum Gasteiger partial charge on any atom is -0.328 e. The Balaban J connectivity index is 2.14. The van der Waals surface area contributed by atoms with Crippen molar-refractivity contribution in [3.63, 3.8) is 0 Å². The van der Waals surface area contributed by atoms with E-state index >= 15 is 0 Å². The summed E-state index contributed by atoms with van der Waals surface area (Å²) in [6.07, 6.45) is 5.30. The van der Waals surface area contributed by atoms with Gasteiger partial charge in [-0.1, -0.05) is 0 Å². The van der Waals surface area contributed by atoms with Gasteiger partial charge in [-0.25, -0.2) is 0 Å². The van der Waals surface area contributed by atoms with Crippen LogP contribution >= 0.6 is 0 Å². The van der Waals surface area contributed by atoms with Gasteiger partial charge < -0.3 is 10.6 Å². The van der Waals surface area contributed by atoms with Crippen molar-refractivity contribution in [2.24, 2.45) is 11.7 Å². The molecule has 72 valence electrons. The second-order valence-corrected chi connectivity index (χ2v) is 4.33. The summed E-state index contributed by atoms with van der Waals surface area (Å²) in [6.45, 7) is 4.67. The third-order valence-corrected chi connectivity index (χ3v) is 2.75. The number of rotatable bonds is 3. The van der Waals surface area contributed by atoms with E-state index in [1.807, 2.05) is 0 Å². The molecule has 2 nitrogen and oxygen atoms in total. The predicted octanol–water partition coefficient (Wildman–Crippen LogP) is 1.46. The standard InChI is InChI=1S/C10H22N2/c1-9(11)5-6-10-4-3-7-12(2)8-10/h9-10H,3-8,11H2,1-2H3. The van der Waals surface area contributed by atoms with Gasteiger partial charge in [-0.2, -0.15) is 0 Å². The van der Waals surface area contributed by atoms with Gasteiger partial charge in [0.1, 0.15) is 0 Å². The van der Waals surface area contributed by atoms with Gasteiger partial charge >= 0.3 is 0 Å². The third-order valence-electron chi connectivity index (χ3n) is 2.75. The zero-order valence-electron chi connectivity index (χ0n) is 8.42. The monoisotopic (exact) mass is 170 g/mol. The molecule has 0 bridgehead atoms. The minimum atomic E-state index is 0.386. The smallest absolute Gasteiger partial charge is 0.00105 e. The molecule has 0 saturated carbocycles. The summed E-state index contributed by atoms with van der Waals surface area (Å²) in [6, 6.07) is 0.386.